The van der Waals surface area contributed by atoms with E-state index in [-0.39, 0.29) is 11.7 Å². The van der Waals surface area contributed by atoms with E-state index in [1.165, 1.54) is 4.68 Å². The Labute approximate surface area is 82.5 Å². The molecule has 1 atom stereocenters. The Bertz CT molecular complexity index is 377. The fraction of sp³-hybridized carbons (Fsp3) is 0.778. The number of fused-ring (bicyclic) bond motifs is 1. The first-order chi connectivity index (χ1) is 6.68. The summed E-state index contributed by atoms with van der Waals surface area (Å²) >= 11 is 0. The van der Waals surface area contributed by atoms with Crippen LogP contribution in [0.4, 0.5) is 0 Å². The van der Waals surface area contributed by atoms with E-state index in [0.29, 0.717) is 6.54 Å². The van der Waals surface area contributed by atoms with E-state index in [9.17, 15) is 4.79 Å². The maximum absolute atomic E-state index is 11.8. The average molecular weight is 196 g/mol. The molecule has 0 saturated heterocycles. The van der Waals surface area contributed by atoms with Crippen LogP contribution in [0, 0.1) is 0 Å². The normalized spacial score (nSPS) is 17.9. The van der Waals surface area contributed by atoms with Crippen molar-refractivity contribution in [3.63, 3.8) is 0 Å². The van der Waals surface area contributed by atoms with E-state index < -0.39 is 0 Å². The van der Waals surface area contributed by atoms with Crippen LogP contribution < -0.4 is 11.4 Å². The Hall–Kier alpha value is -1.10. The number of nitrogens with zero attached hydrogens (tertiary/aromatic N) is 3. The van der Waals surface area contributed by atoms with Crippen LogP contribution in [0.15, 0.2) is 4.79 Å². The minimum absolute atomic E-state index is 0.00278. The second-order valence-corrected chi connectivity index (χ2v) is 3.97. The molecular weight excluding hydrogens is 180 g/mol. The number of aryl methyl sites for hydroxylation is 1. The van der Waals surface area contributed by atoms with Gasteiger partial charge in [-0.05, 0) is 19.8 Å². The number of hydrogen-bond donors (Lipinski definition) is 1. The van der Waals surface area contributed by atoms with Gasteiger partial charge in [0.2, 0.25) is 0 Å². The molecule has 5 heteroatoms. The van der Waals surface area contributed by atoms with Gasteiger partial charge < -0.3 is 5.73 Å². The van der Waals surface area contributed by atoms with Gasteiger partial charge in [0.25, 0.3) is 0 Å². The summed E-state index contributed by atoms with van der Waals surface area (Å²) in [5.74, 6) is 0.918. The minimum atomic E-state index is -0.0235. The van der Waals surface area contributed by atoms with E-state index in [1.54, 1.807) is 4.57 Å². The van der Waals surface area contributed by atoms with E-state index in [2.05, 4.69) is 5.10 Å². The van der Waals surface area contributed by atoms with Gasteiger partial charge in [-0.1, -0.05) is 0 Å². The molecule has 0 saturated carbocycles. The number of aromatic nitrogens is 3. The summed E-state index contributed by atoms with van der Waals surface area (Å²) in [6.07, 6.45) is 3.13. The first-order valence-electron chi connectivity index (χ1n) is 5.10. The molecule has 1 aliphatic heterocycles. The summed E-state index contributed by atoms with van der Waals surface area (Å²) in [6, 6.07) is -0.0235. The first-order valence-corrected chi connectivity index (χ1v) is 5.10. The predicted molar refractivity (Wildman–Crippen MR) is 53.1 cm³/mol. The molecule has 78 valence electrons. The molecular formula is C9H16N4O. The van der Waals surface area contributed by atoms with Gasteiger partial charge in [0.1, 0.15) is 5.82 Å². The van der Waals surface area contributed by atoms with Crippen LogP contribution >= 0.6 is 0 Å². The SMILES string of the molecule is C[C@@H](N)Cn1nc2n(c1=O)CCCC2. The van der Waals surface area contributed by atoms with E-state index in [4.69, 9.17) is 5.73 Å². The van der Waals surface area contributed by atoms with Crippen LogP contribution in [0.2, 0.25) is 0 Å². The molecule has 0 aliphatic carbocycles. The van der Waals surface area contributed by atoms with Gasteiger partial charge in [-0.15, -0.1) is 0 Å². The average Bonchev–Trinajstić information content (AvgIpc) is 2.44. The van der Waals surface area contributed by atoms with Gasteiger partial charge in [0.05, 0.1) is 6.54 Å². The van der Waals surface area contributed by atoms with E-state index in [0.717, 1.165) is 31.6 Å². The molecule has 14 heavy (non-hydrogen) atoms. The molecule has 0 radical (unpaired) electrons. The summed E-state index contributed by atoms with van der Waals surface area (Å²) in [4.78, 5) is 11.8. The Kier molecular flexibility index (Phi) is 2.41. The molecule has 0 unspecified atom stereocenters. The van der Waals surface area contributed by atoms with Crippen molar-refractivity contribution in [2.24, 2.45) is 5.73 Å². The zero-order valence-electron chi connectivity index (χ0n) is 8.44. The number of hydrogen-bond acceptors (Lipinski definition) is 3. The Morgan fingerprint density at radius 1 is 1.57 bits per heavy atom. The Morgan fingerprint density at radius 2 is 2.36 bits per heavy atom. The van der Waals surface area contributed by atoms with E-state index >= 15 is 0 Å². The van der Waals surface area contributed by atoms with Crippen LogP contribution in [-0.2, 0) is 19.5 Å². The lowest BCUT2D eigenvalue weighted by Crippen LogP contribution is -2.32. The highest BCUT2D eigenvalue weighted by Crippen LogP contribution is 2.09. The molecule has 0 aromatic carbocycles. The van der Waals surface area contributed by atoms with Gasteiger partial charge in [-0.2, -0.15) is 5.10 Å². The van der Waals surface area contributed by atoms with Gasteiger partial charge >= 0.3 is 5.69 Å². The van der Waals surface area contributed by atoms with Crippen molar-refractivity contribution in [2.45, 2.75) is 45.3 Å². The third kappa shape index (κ3) is 1.59. The molecule has 0 fully saturated rings. The van der Waals surface area contributed by atoms with Gasteiger partial charge in [0.15, 0.2) is 0 Å². The smallest absolute Gasteiger partial charge is 0.326 e. The van der Waals surface area contributed by atoms with E-state index in [1.807, 2.05) is 6.92 Å². The predicted octanol–water partition coefficient (Wildman–Crippen LogP) is -0.272. The van der Waals surface area contributed by atoms with Crippen molar-refractivity contribution in [1.29, 1.82) is 0 Å². The third-order valence-corrected chi connectivity index (χ3v) is 2.49. The highest BCUT2D eigenvalue weighted by atomic mass is 16.2. The lowest BCUT2D eigenvalue weighted by Gasteiger charge is -2.09. The lowest BCUT2D eigenvalue weighted by molar-refractivity contribution is 0.503. The third-order valence-electron chi connectivity index (χ3n) is 2.49. The highest BCUT2D eigenvalue weighted by Gasteiger charge is 2.16. The Morgan fingerprint density at radius 3 is 3.00 bits per heavy atom. The van der Waals surface area contributed by atoms with Crippen molar-refractivity contribution in [1.82, 2.24) is 14.3 Å². The fourth-order valence-electron chi connectivity index (χ4n) is 1.84. The molecule has 2 rings (SSSR count). The molecule has 5 nitrogen and oxygen atoms in total. The van der Waals surface area contributed by atoms with Crippen molar-refractivity contribution >= 4 is 0 Å². The minimum Gasteiger partial charge on any atom is -0.326 e. The zero-order chi connectivity index (χ0) is 10.1. The molecule has 0 spiro atoms. The summed E-state index contributed by atoms with van der Waals surface area (Å²) in [5.41, 5.74) is 5.64. The van der Waals surface area contributed by atoms with Crippen LogP contribution in [0.25, 0.3) is 0 Å². The second-order valence-electron chi connectivity index (χ2n) is 3.97. The monoisotopic (exact) mass is 196 g/mol. The van der Waals surface area contributed by atoms with Gasteiger partial charge in [-0.25, -0.2) is 9.48 Å². The Balaban J connectivity index is 2.34. The van der Waals surface area contributed by atoms with Gasteiger partial charge in [-0.3, -0.25) is 4.57 Å². The lowest BCUT2D eigenvalue weighted by atomic mass is 10.2. The molecule has 0 bridgehead atoms. The van der Waals surface area contributed by atoms with Crippen LogP contribution in [-0.4, -0.2) is 20.4 Å². The second kappa shape index (κ2) is 3.57. The quantitative estimate of drug-likeness (QED) is 0.708. The highest BCUT2D eigenvalue weighted by molar-refractivity contribution is 4.91. The van der Waals surface area contributed by atoms with Crippen molar-refractivity contribution in [3.05, 3.63) is 16.3 Å². The summed E-state index contributed by atoms with van der Waals surface area (Å²) in [7, 11) is 0. The summed E-state index contributed by atoms with van der Waals surface area (Å²) in [6.45, 7) is 3.21. The number of nitrogens with two attached hydrogens (primary N) is 1. The van der Waals surface area contributed by atoms with Crippen LogP contribution in [0.3, 0.4) is 0 Å². The molecule has 0 amide bonds. The number of rotatable bonds is 2. The van der Waals surface area contributed by atoms with Crippen molar-refractivity contribution < 1.29 is 0 Å². The van der Waals surface area contributed by atoms with Crippen molar-refractivity contribution in [3.8, 4) is 0 Å². The zero-order valence-corrected chi connectivity index (χ0v) is 8.44. The maximum Gasteiger partial charge on any atom is 0.345 e. The standard InChI is InChI=1S/C9H16N4O/c1-7(10)6-13-9(14)12-5-3-2-4-8(12)11-13/h7H,2-6,10H2,1H3/t7-/m1/s1. The van der Waals surface area contributed by atoms with Gasteiger partial charge in [0, 0.05) is 19.0 Å². The molecule has 2 N–H and O–H groups in total. The summed E-state index contributed by atoms with van der Waals surface area (Å²) in [5, 5.41) is 4.28. The van der Waals surface area contributed by atoms with Crippen molar-refractivity contribution in [2.75, 3.05) is 0 Å². The maximum atomic E-state index is 11.8. The summed E-state index contributed by atoms with van der Waals surface area (Å²) < 4.78 is 3.26. The first kappa shape index (κ1) is 9.45. The molecule has 1 aromatic rings. The van der Waals surface area contributed by atoms with Crippen LogP contribution in [0.5, 0.6) is 0 Å². The largest absolute Gasteiger partial charge is 0.345 e. The topological polar surface area (TPSA) is 65.8 Å². The fourth-order valence-corrected chi connectivity index (χ4v) is 1.84. The molecule has 2 heterocycles. The molecule has 1 aliphatic rings. The van der Waals surface area contributed by atoms with Crippen LogP contribution in [0.1, 0.15) is 25.6 Å². The molecule has 1 aromatic heterocycles.